The number of anilines is 1. The molecule has 2 aromatic heterocycles. The predicted octanol–water partition coefficient (Wildman–Crippen LogP) is 4.62. The Bertz CT molecular complexity index is 1220. The number of nitrogens with one attached hydrogen (secondary N) is 1. The minimum atomic E-state index is -3.81. The summed E-state index contributed by atoms with van der Waals surface area (Å²) in [5, 5.41) is 10.4. The quantitative estimate of drug-likeness (QED) is 0.437. The van der Waals surface area contributed by atoms with Crippen LogP contribution in [0.25, 0.3) is 16.7 Å². The van der Waals surface area contributed by atoms with Crippen LogP contribution in [0.2, 0.25) is 0 Å². The molecule has 0 unspecified atom stereocenters. The van der Waals surface area contributed by atoms with Gasteiger partial charge in [-0.3, -0.25) is 9.36 Å². The maximum Gasteiger partial charge on any atom is 0.487 e. The molecule has 0 saturated heterocycles. The molecule has 0 saturated carbocycles. The van der Waals surface area contributed by atoms with Gasteiger partial charge in [-0.15, -0.1) is 19.0 Å². The monoisotopic (exact) mass is 446 g/mol. The fraction of sp³-hybridized carbons (Fsp3) is 0.200. The number of carbonyl (C=O) groups is 1. The van der Waals surface area contributed by atoms with Crippen molar-refractivity contribution >= 4 is 34.2 Å². The summed E-state index contributed by atoms with van der Waals surface area (Å²) in [6, 6.07) is 8.98. The molecule has 0 aliphatic rings. The van der Waals surface area contributed by atoms with Crippen LogP contribution in [0.4, 0.5) is 14.5 Å². The van der Waals surface area contributed by atoms with Gasteiger partial charge in [0.2, 0.25) is 0 Å². The van der Waals surface area contributed by atoms with Crippen LogP contribution in [-0.4, -0.2) is 35.8 Å². The van der Waals surface area contributed by atoms with Gasteiger partial charge in [0.05, 0.1) is 23.0 Å². The number of benzene rings is 2. The lowest BCUT2D eigenvalue weighted by molar-refractivity contribution is -0.0964. The molecule has 0 atom stereocenters. The summed E-state index contributed by atoms with van der Waals surface area (Å²) < 4.78 is 33.4. The van der Waals surface area contributed by atoms with Crippen LogP contribution in [0.15, 0.2) is 55.4 Å². The molecule has 0 aliphatic carbocycles. The highest BCUT2D eigenvalue weighted by Gasteiger charge is 2.27. The molecule has 1 N–H and O–H groups in total. The van der Waals surface area contributed by atoms with Crippen molar-refractivity contribution in [3.8, 4) is 11.4 Å². The fourth-order valence-corrected chi connectivity index (χ4v) is 3.23. The van der Waals surface area contributed by atoms with E-state index >= 15 is 0 Å². The van der Waals surface area contributed by atoms with E-state index in [9.17, 15) is 13.6 Å². The number of alkyl halides is 3. The van der Waals surface area contributed by atoms with Crippen LogP contribution >= 0.6 is 11.6 Å². The van der Waals surface area contributed by atoms with Gasteiger partial charge in [0.1, 0.15) is 18.4 Å². The van der Waals surface area contributed by atoms with Crippen molar-refractivity contribution in [1.29, 1.82) is 0 Å². The smallest absolute Gasteiger partial charge is 0.420 e. The second-order valence-electron chi connectivity index (χ2n) is 7.00. The Kier molecular flexibility index (Phi) is 5.32. The van der Waals surface area contributed by atoms with E-state index < -0.39 is 11.5 Å². The fourth-order valence-electron chi connectivity index (χ4n) is 3.14. The topological polar surface area (TPSA) is 86.9 Å². The van der Waals surface area contributed by atoms with Crippen molar-refractivity contribution in [1.82, 2.24) is 24.3 Å². The molecule has 2 heterocycles. The van der Waals surface area contributed by atoms with Crippen LogP contribution in [0.5, 0.6) is 5.75 Å². The maximum absolute atomic E-state index is 12.9. The molecule has 0 aliphatic heterocycles. The van der Waals surface area contributed by atoms with Crippen LogP contribution in [0.1, 0.15) is 30.2 Å². The van der Waals surface area contributed by atoms with Gasteiger partial charge in [-0.2, -0.15) is 0 Å². The highest BCUT2D eigenvalue weighted by atomic mass is 35.5. The summed E-state index contributed by atoms with van der Waals surface area (Å²) in [5.41, 5.74) is -0.871. The number of rotatable bonds is 6. The first kappa shape index (κ1) is 20.7. The first-order valence-corrected chi connectivity index (χ1v) is 9.62. The van der Waals surface area contributed by atoms with Crippen molar-refractivity contribution < 1.29 is 18.3 Å². The summed E-state index contributed by atoms with van der Waals surface area (Å²) in [6.45, 7) is 4.07. The second-order valence-corrected chi connectivity index (χ2v) is 7.44. The van der Waals surface area contributed by atoms with Crippen molar-refractivity contribution in [3.05, 3.63) is 60.9 Å². The van der Waals surface area contributed by atoms with E-state index in [1.165, 1.54) is 24.3 Å². The normalized spacial score (nSPS) is 11.8. The molecule has 8 nitrogen and oxygen atoms in total. The molecule has 1 amide bonds. The van der Waals surface area contributed by atoms with E-state index in [1.54, 1.807) is 35.7 Å². The molecule has 160 valence electrons. The van der Waals surface area contributed by atoms with Crippen LogP contribution in [0, 0.1) is 0 Å². The summed E-state index contributed by atoms with van der Waals surface area (Å²) in [5.74, 6) is -0.528. The Labute approximate surface area is 180 Å². The Morgan fingerprint density at radius 1 is 1.13 bits per heavy atom. The Hall–Kier alpha value is -3.53. The summed E-state index contributed by atoms with van der Waals surface area (Å²) in [6.07, 6.45) is 4.80. The third-order valence-corrected chi connectivity index (χ3v) is 4.59. The number of amides is 1. The molecule has 0 spiro atoms. The molecular formula is C20H17ClF2N6O2. The van der Waals surface area contributed by atoms with Gasteiger partial charge in [0.15, 0.2) is 0 Å². The molecule has 4 aromatic rings. The number of carbonyl (C=O) groups excluding carboxylic acids is 1. The second kappa shape index (κ2) is 7.95. The number of nitrogens with zero attached hydrogens (tertiary/aromatic N) is 5. The average Bonchev–Trinajstić information content (AvgIpc) is 3.37. The van der Waals surface area contributed by atoms with E-state index in [0.717, 1.165) is 5.52 Å². The van der Waals surface area contributed by atoms with E-state index in [1.807, 2.05) is 18.4 Å². The Balaban J connectivity index is 1.66. The minimum absolute atomic E-state index is 0.131. The number of halogens is 3. The Morgan fingerprint density at radius 3 is 2.42 bits per heavy atom. The van der Waals surface area contributed by atoms with Gasteiger partial charge >= 0.3 is 5.57 Å². The van der Waals surface area contributed by atoms with Crippen molar-refractivity contribution in [3.63, 3.8) is 0 Å². The average molecular weight is 447 g/mol. The van der Waals surface area contributed by atoms with E-state index in [0.29, 0.717) is 22.5 Å². The highest BCUT2D eigenvalue weighted by Crippen LogP contribution is 2.28. The third-order valence-electron chi connectivity index (χ3n) is 4.51. The lowest BCUT2D eigenvalue weighted by atomic mass is 10.1. The van der Waals surface area contributed by atoms with Crippen molar-refractivity contribution in [2.24, 2.45) is 0 Å². The summed E-state index contributed by atoms with van der Waals surface area (Å²) in [4.78, 5) is 17.3. The zero-order valence-electron chi connectivity index (χ0n) is 16.5. The lowest BCUT2D eigenvalue weighted by Gasteiger charge is -2.14. The van der Waals surface area contributed by atoms with E-state index in [4.69, 9.17) is 11.6 Å². The first-order chi connectivity index (χ1) is 14.7. The molecule has 2 aromatic carbocycles. The van der Waals surface area contributed by atoms with Gasteiger partial charge in [-0.25, -0.2) is 4.98 Å². The predicted molar refractivity (Wildman–Crippen MR) is 111 cm³/mol. The van der Waals surface area contributed by atoms with Crippen molar-refractivity contribution in [2.45, 2.75) is 25.5 Å². The van der Waals surface area contributed by atoms with Gasteiger partial charge in [0.25, 0.3) is 5.91 Å². The van der Waals surface area contributed by atoms with Crippen LogP contribution in [0.3, 0.4) is 0 Å². The van der Waals surface area contributed by atoms with Gasteiger partial charge in [-0.05, 0) is 50.2 Å². The highest BCUT2D eigenvalue weighted by molar-refractivity contribution is 6.20. The largest absolute Gasteiger partial charge is 0.487 e. The summed E-state index contributed by atoms with van der Waals surface area (Å²) in [7, 11) is 0. The zero-order valence-corrected chi connectivity index (χ0v) is 17.2. The molecule has 11 heteroatoms. The molecule has 0 radical (unpaired) electrons. The third kappa shape index (κ3) is 4.48. The van der Waals surface area contributed by atoms with Crippen LogP contribution < -0.4 is 10.1 Å². The lowest BCUT2D eigenvalue weighted by Crippen LogP contribution is -2.16. The first-order valence-electron chi connectivity index (χ1n) is 9.24. The molecule has 31 heavy (non-hydrogen) atoms. The van der Waals surface area contributed by atoms with Gasteiger partial charge in [-0.1, -0.05) is 0 Å². The molecular weight excluding hydrogens is 430 g/mol. The number of imidazole rings is 1. The number of fused-ring (bicyclic) bond motifs is 1. The van der Waals surface area contributed by atoms with E-state index in [-0.39, 0.29) is 11.8 Å². The minimum Gasteiger partial charge on any atom is -0.420 e. The zero-order chi connectivity index (χ0) is 22.2. The van der Waals surface area contributed by atoms with Crippen LogP contribution in [-0.2, 0) is 0 Å². The number of hydrogen-bond donors (Lipinski definition) is 1. The SMILES string of the molecule is CC(C)n1cnc2cc(C(=O)Nc3ccc(OC(F)(F)Cl)cc3)cc(-n3cnnc3)c21. The molecule has 0 bridgehead atoms. The van der Waals surface area contributed by atoms with Gasteiger partial charge in [0, 0.05) is 28.9 Å². The number of hydrogen-bond acceptors (Lipinski definition) is 5. The molecule has 4 rings (SSSR count). The number of aromatic nitrogens is 5. The maximum atomic E-state index is 12.9. The Morgan fingerprint density at radius 2 is 1.81 bits per heavy atom. The summed E-state index contributed by atoms with van der Waals surface area (Å²) >= 11 is 4.75. The van der Waals surface area contributed by atoms with E-state index in [2.05, 4.69) is 25.2 Å². The van der Waals surface area contributed by atoms with Gasteiger partial charge < -0.3 is 14.6 Å². The number of ether oxygens (including phenoxy) is 1. The standard InChI is InChI=1S/C20H17ClF2N6O2/c1-12(2)29-9-24-16-7-13(8-17(18(16)29)28-10-25-26-11-28)19(30)27-14-3-5-15(6-4-14)31-20(21,22)23/h3-12H,1-2H3,(H,27,30). The van der Waals surface area contributed by atoms with Crippen molar-refractivity contribution in [2.75, 3.05) is 5.32 Å². The molecule has 0 fully saturated rings.